The van der Waals surface area contributed by atoms with Crippen molar-refractivity contribution in [2.24, 2.45) is 11.8 Å². The Morgan fingerprint density at radius 2 is 2.03 bits per heavy atom. The van der Waals surface area contributed by atoms with Crippen molar-refractivity contribution in [3.05, 3.63) is 29.1 Å². The van der Waals surface area contributed by atoms with Crippen LogP contribution in [-0.4, -0.2) is 66.3 Å². The van der Waals surface area contributed by atoms with E-state index in [0.29, 0.717) is 37.2 Å². The van der Waals surface area contributed by atoms with Gasteiger partial charge >= 0.3 is 6.09 Å². The van der Waals surface area contributed by atoms with Gasteiger partial charge < -0.3 is 20.1 Å². The van der Waals surface area contributed by atoms with Crippen molar-refractivity contribution >= 4 is 23.6 Å². The number of benzene rings is 1. The number of cyclic esters (lactones) is 1. The normalized spacial score (nSPS) is 30.6. The molecule has 30 heavy (non-hydrogen) atoms. The number of hydrogen-bond donors (Lipinski definition) is 2. The number of nitrogens with zero attached hydrogens (tertiary/aromatic N) is 2. The fraction of sp³-hybridized carbons (Fsp3) is 0.571. The zero-order chi connectivity index (χ0) is 21.2. The third-order valence-corrected chi connectivity index (χ3v) is 6.96. The van der Waals surface area contributed by atoms with E-state index in [1.165, 1.54) is 11.0 Å². The lowest BCUT2D eigenvalue weighted by atomic mass is 9.99. The first kappa shape index (κ1) is 19.3. The van der Waals surface area contributed by atoms with Crippen molar-refractivity contribution in [2.45, 2.75) is 37.8 Å². The van der Waals surface area contributed by atoms with Crippen LogP contribution in [0.15, 0.2) is 12.1 Å². The molecule has 3 heterocycles. The highest BCUT2D eigenvalue weighted by atomic mass is 19.1. The second-order valence-electron chi connectivity index (χ2n) is 8.53. The van der Waals surface area contributed by atoms with Crippen molar-refractivity contribution in [1.82, 2.24) is 10.2 Å². The van der Waals surface area contributed by atoms with E-state index in [0.717, 1.165) is 5.56 Å². The predicted octanol–water partition coefficient (Wildman–Crippen LogP) is 0.766. The number of carbonyl (C=O) groups excluding carboxylic acids is 3. The third-order valence-electron chi connectivity index (χ3n) is 6.96. The fourth-order valence-corrected chi connectivity index (χ4v) is 5.37. The molecule has 160 valence electrons. The first-order valence-corrected chi connectivity index (χ1v) is 10.4. The summed E-state index contributed by atoms with van der Waals surface area (Å²) >= 11 is 0. The van der Waals surface area contributed by atoms with Crippen LogP contribution in [0, 0.1) is 17.7 Å². The van der Waals surface area contributed by atoms with Gasteiger partial charge in [-0.3, -0.25) is 14.5 Å². The van der Waals surface area contributed by atoms with E-state index in [1.54, 1.807) is 11.8 Å². The summed E-state index contributed by atoms with van der Waals surface area (Å²) in [6.45, 7) is 2.59. The molecule has 1 aromatic rings. The number of likely N-dealkylation sites (tertiary alicyclic amines) is 1. The highest BCUT2D eigenvalue weighted by Crippen LogP contribution is 2.59. The number of hydrogen-bond acceptors (Lipinski definition) is 5. The van der Waals surface area contributed by atoms with Crippen LogP contribution >= 0.6 is 0 Å². The maximum Gasteiger partial charge on any atom is 0.415 e. The predicted molar refractivity (Wildman–Crippen MR) is 103 cm³/mol. The molecule has 2 N–H and O–H groups in total. The second kappa shape index (κ2) is 6.94. The van der Waals surface area contributed by atoms with Crippen LogP contribution in [0.25, 0.3) is 0 Å². The maximum absolute atomic E-state index is 15.0. The molecule has 3 aliphatic heterocycles. The van der Waals surface area contributed by atoms with Crippen molar-refractivity contribution in [3.8, 4) is 0 Å². The summed E-state index contributed by atoms with van der Waals surface area (Å²) in [5, 5.41) is 11.8. The number of anilines is 1. The van der Waals surface area contributed by atoms with Gasteiger partial charge in [-0.25, -0.2) is 9.18 Å². The molecule has 1 aliphatic carbocycles. The Bertz CT molecular complexity index is 925. The zero-order valence-corrected chi connectivity index (χ0v) is 16.6. The van der Waals surface area contributed by atoms with Gasteiger partial charge in [0.25, 0.3) is 0 Å². The molecule has 3 fully saturated rings. The molecule has 9 heteroatoms. The molecule has 5 rings (SSSR count). The summed E-state index contributed by atoms with van der Waals surface area (Å²) in [5.74, 6) is -0.227. The number of halogens is 1. The largest absolute Gasteiger partial charge is 0.442 e. The number of rotatable bonds is 5. The van der Waals surface area contributed by atoms with Gasteiger partial charge in [-0.2, -0.15) is 0 Å². The Labute approximate surface area is 173 Å². The van der Waals surface area contributed by atoms with E-state index in [2.05, 4.69) is 5.32 Å². The van der Waals surface area contributed by atoms with Gasteiger partial charge in [0.05, 0.1) is 18.3 Å². The summed E-state index contributed by atoms with van der Waals surface area (Å²) in [6.07, 6.45) is -0.0686. The SMILES string of the molecule is CCC(=O)NCC1OC(=O)N2c3cc(F)c(C4C5CN(C(=O)CO)CC54)cc3C[C@@H]12. The van der Waals surface area contributed by atoms with Crippen LogP contribution < -0.4 is 10.2 Å². The topological polar surface area (TPSA) is 99.2 Å². The molecule has 1 saturated carbocycles. The van der Waals surface area contributed by atoms with Crippen molar-refractivity contribution < 1.29 is 28.6 Å². The fourth-order valence-electron chi connectivity index (χ4n) is 5.37. The average molecular weight is 417 g/mol. The second-order valence-corrected chi connectivity index (χ2v) is 8.53. The molecule has 2 saturated heterocycles. The lowest BCUT2D eigenvalue weighted by Gasteiger charge is -2.19. The first-order valence-electron chi connectivity index (χ1n) is 10.4. The minimum absolute atomic E-state index is 0.0695. The standard InChI is InChI=1S/C21H24FN3O5/c1-2-18(27)23-6-17-16-4-10-3-11(14(22)5-15(10)25(16)21(29)30-17)20-12-7-24(8-13(12)20)19(28)9-26/h3,5,12-13,16-17,20,26H,2,4,6-9H2,1H3,(H,23,27)/t12?,13?,16-,17?,20?/m0/s1. The van der Waals surface area contributed by atoms with E-state index < -0.39 is 18.8 Å². The summed E-state index contributed by atoms with van der Waals surface area (Å²) in [4.78, 5) is 38.7. The van der Waals surface area contributed by atoms with Gasteiger partial charge in [0.15, 0.2) is 0 Å². The van der Waals surface area contributed by atoms with Crippen molar-refractivity contribution in [1.29, 1.82) is 0 Å². The van der Waals surface area contributed by atoms with Crippen LogP contribution in [0.5, 0.6) is 0 Å². The molecule has 0 bridgehead atoms. The third kappa shape index (κ3) is 2.86. The number of piperidine rings is 1. The van der Waals surface area contributed by atoms with Crippen LogP contribution in [0.2, 0.25) is 0 Å². The lowest BCUT2D eigenvalue weighted by molar-refractivity contribution is -0.133. The minimum Gasteiger partial charge on any atom is -0.442 e. The molecule has 4 aliphatic rings. The highest BCUT2D eigenvalue weighted by molar-refractivity contribution is 5.94. The Hall–Kier alpha value is -2.68. The number of ether oxygens (including phenoxy) is 1. The molecule has 3 unspecified atom stereocenters. The molecular weight excluding hydrogens is 393 g/mol. The average Bonchev–Trinajstić information content (AvgIpc) is 3.07. The number of fused-ring (bicyclic) bond motifs is 4. The number of carbonyl (C=O) groups is 3. The maximum atomic E-state index is 15.0. The molecule has 1 aromatic carbocycles. The van der Waals surface area contributed by atoms with E-state index in [9.17, 15) is 18.8 Å². The Balaban J connectivity index is 1.32. The zero-order valence-electron chi connectivity index (χ0n) is 16.6. The number of nitrogens with one attached hydrogen (secondary N) is 1. The summed E-state index contributed by atoms with van der Waals surface area (Å²) in [5.41, 5.74) is 2.09. The van der Waals surface area contributed by atoms with Crippen molar-refractivity contribution in [2.75, 3.05) is 31.1 Å². The molecule has 4 atom stereocenters. The Kier molecular flexibility index (Phi) is 4.46. The monoisotopic (exact) mass is 417 g/mol. The van der Waals surface area contributed by atoms with E-state index in [-0.39, 0.29) is 48.0 Å². The van der Waals surface area contributed by atoms with E-state index in [4.69, 9.17) is 9.84 Å². The molecule has 0 aromatic heterocycles. The lowest BCUT2D eigenvalue weighted by Crippen LogP contribution is -2.40. The number of amides is 3. The van der Waals surface area contributed by atoms with Gasteiger partial charge in [0.2, 0.25) is 11.8 Å². The summed E-state index contributed by atoms with van der Waals surface area (Å²) in [7, 11) is 0. The highest BCUT2D eigenvalue weighted by Gasteiger charge is 2.58. The van der Waals surface area contributed by atoms with Gasteiger partial charge in [0.1, 0.15) is 18.5 Å². The molecule has 8 nitrogen and oxygen atoms in total. The van der Waals surface area contributed by atoms with Crippen LogP contribution in [0.1, 0.15) is 30.4 Å². The summed E-state index contributed by atoms with van der Waals surface area (Å²) < 4.78 is 20.4. The minimum atomic E-state index is -0.511. The van der Waals surface area contributed by atoms with Crippen LogP contribution in [0.4, 0.5) is 14.9 Å². The van der Waals surface area contributed by atoms with Gasteiger partial charge in [-0.1, -0.05) is 13.0 Å². The number of aliphatic hydroxyl groups is 1. The Morgan fingerprint density at radius 3 is 2.70 bits per heavy atom. The quantitative estimate of drug-likeness (QED) is 0.737. The van der Waals surface area contributed by atoms with Crippen molar-refractivity contribution in [3.63, 3.8) is 0 Å². The first-order chi connectivity index (χ1) is 14.4. The molecular formula is C21H24FN3O5. The van der Waals surface area contributed by atoms with Gasteiger partial charge in [-0.05, 0) is 41.4 Å². The summed E-state index contributed by atoms with van der Waals surface area (Å²) in [6, 6.07) is 3.03. The van der Waals surface area contributed by atoms with Gasteiger partial charge in [-0.15, -0.1) is 0 Å². The van der Waals surface area contributed by atoms with Gasteiger partial charge in [0, 0.05) is 19.5 Å². The molecule has 0 spiro atoms. The van der Waals surface area contributed by atoms with Crippen LogP contribution in [-0.2, 0) is 20.7 Å². The van der Waals surface area contributed by atoms with E-state index >= 15 is 0 Å². The smallest absolute Gasteiger partial charge is 0.415 e. The number of aliphatic hydroxyl groups excluding tert-OH is 1. The molecule has 3 amide bonds. The van der Waals surface area contributed by atoms with Crippen LogP contribution in [0.3, 0.4) is 0 Å². The molecule has 0 radical (unpaired) electrons. The van der Waals surface area contributed by atoms with E-state index in [1.807, 2.05) is 6.07 Å². The Morgan fingerprint density at radius 1 is 1.30 bits per heavy atom.